The molecule has 0 aliphatic carbocycles. The third kappa shape index (κ3) is 5.02. The first-order chi connectivity index (χ1) is 11.1. The first-order valence-electron chi connectivity index (χ1n) is 6.58. The molecule has 25 heavy (non-hydrogen) atoms. The molecule has 1 aliphatic heterocycles. The second-order valence-electron chi connectivity index (χ2n) is 4.85. The molecular formula is C13H12BrN2NaO7S. The molecular weight excluding hydrogens is 431 g/mol. The average molecular weight is 443 g/mol. The normalized spacial score (nSPS) is 20.8. The van der Waals surface area contributed by atoms with E-state index in [2.05, 4.69) is 26.0 Å². The van der Waals surface area contributed by atoms with Crippen molar-refractivity contribution >= 4 is 44.0 Å². The number of esters is 1. The summed E-state index contributed by atoms with van der Waals surface area (Å²) < 4.78 is 37.6. The summed E-state index contributed by atoms with van der Waals surface area (Å²) >= 11 is 3.15. The standard InChI is InChI=1S/C13H13BrN2O7S.Na/c1-7(17)23-13-10(12(19)16(13)24(20,21)22)15-11(18)9(14)8-5-3-2-4-6-8;/h2-6,9-10,13H,1H3,(H,15,18)(H,20,21,22);/q;+1/p-1/t9?,10-,13+;/m1./s1. The summed E-state index contributed by atoms with van der Waals surface area (Å²) in [4.78, 5) is 34.2. The van der Waals surface area contributed by atoms with Gasteiger partial charge < -0.3 is 14.6 Å². The predicted octanol–water partition coefficient (Wildman–Crippen LogP) is -3.20. The third-order valence-corrected chi connectivity index (χ3v) is 4.96. The van der Waals surface area contributed by atoms with E-state index in [1.54, 1.807) is 30.3 Å². The number of ether oxygens (including phenoxy) is 1. The molecule has 1 fully saturated rings. The van der Waals surface area contributed by atoms with Gasteiger partial charge in [0.2, 0.25) is 12.1 Å². The van der Waals surface area contributed by atoms with Gasteiger partial charge in [-0.25, -0.2) is 12.7 Å². The summed E-state index contributed by atoms with van der Waals surface area (Å²) in [7, 11) is -5.16. The fraction of sp³-hybridized carbons (Fsp3) is 0.308. The Balaban J connectivity index is 0.00000312. The van der Waals surface area contributed by atoms with E-state index >= 15 is 0 Å². The molecule has 0 aromatic heterocycles. The number of nitrogens with zero attached hydrogens (tertiary/aromatic N) is 1. The molecule has 12 heteroatoms. The van der Waals surface area contributed by atoms with Crippen LogP contribution in [-0.4, -0.2) is 47.3 Å². The Bertz CT molecular complexity index is 774. The van der Waals surface area contributed by atoms with Crippen molar-refractivity contribution in [2.45, 2.75) is 24.0 Å². The number of halogens is 1. The second-order valence-corrected chi connectivity index (χ2v) is 7.02. The minimum absolute atomic E-state index is 0. The van der Waals surface area contributed by atoms with Crippen LogP contribution in [0.5, 0.6) is 0 Å². The maximum absolute atomic E-state index is 12.2. The Morgan fingerprint density at radius 2 is 1.88 bits per heavy atom. The Hall–Kier alpha value is -0.980. The molecule has 1 aliphatic rings. The van der Waals surface area contributed by atoms with Crippen LogP contribution in [0.4, 0.5) is 0 Å². The monoisotopic (exact) mass is 442 g/mol. The number of carbonyl (C=O) groups excluding carboxylic acids is 3. The van der Waals surface area contributed by atoms with E-state index in [4.69, 9.17) is 0 Å². The maximum Gasteiger partial charge on any atom is 1.00 e. The Morgan fingerprint density at radius 1 is 1.32 bits per heavy atom. The van der Waals surface area contributed by atoms with Crippen LogP contribution in [0.3, 0.4) is 0 Å². The van der Waals surface area contributed by atoms with Crippen molar-refractivity contribution in [1.29, 1.82) is 0 Å². The smallest absolute Gasteiger partial charge is 0.731 e. The van der Waals surface area contributed by atoms with Crippen LogP contribution < -0.4 is 34.9 Å². The van der Waals surface area contributed by atoms with Gasteiger partial charge in [0.25, 0.3) is 5.91 Å². The molecule has 0 bridgehead atoms. The molecule has 3 atom stereocenters. The summed E-state index contributed by atoms with van der Waals surface area (Å²) in [6.45, 7) is 0.981. The topological polar surface area (TPSA) is 133 Å². The summed E-state index contributed by atoms with van der Waals surface area (Å²) in [5.41, 5.74) is 0.596. The van der Waals surface area contributed by atoms with Crippen molar-refractivity contribution in [3.05, 3.63) is 35.9 Å². The van der Waals surface area contributed by atoms with Gasteiger partial charge in [-0.15, -0.1) is 0 Å². The minimum atomic E-state index is -5.16. The summed E-state index contributed by atoms with van der Waals surface area (Å²) in [6, 6.07) is 7.05. The van der Waals surface area contributed by atoms with E-state index in [0.717, 1.165) is 6.92 Å². The molecule has 1 heterocycles. The van der Waals surface area contributed by atoms with Crippen molar-refractivity contribution in [3.8, 4) is 0 Å². The largest absolute Gasteiger partial charge is 1.00 e. The fourth-order valence-corrected chi connectivity index (χ4v) is 3.28. The van der Waals surface area contributed by atoms with Gasteiger partial charge >= 0.3 is 35.5 Å². The number of nitrogens with one attached hydrogen (secondary N) is 1. The van der Waals surface area contributed by atoms with Gasteiger partial charge in [-0.3, -0.25) is 14.4 Å². The molecule has 2 amide bonds. The van der Waals surface area contributed by atoms with Crippen LogP contribution in [0, 0.1) is 0 Å². The molecule has 1 unspecified atom stereocenters. The summed E-state index contributed by atoms with van der Waals surface area (Å²) in [5, 5.41) is 2.26. The first-order valence-corrected chi connectivity index (χ1v) is 8.86. The predicted molar refractivity (Wildman–Crippen MR) is 82.1 cm³/mol. The van der Waals surface area contributed by atoms with E-state index < -0.39 is 45.2 Å². The molecule has 9 nitrogen and oxygen atoms in total. The molecule has 2 rings (SSSR count). The van der Waals surface area contributed by atoms with Crippen molar-refractivity contribution in [3.63, 3.8) is 0 Å². The maximum atomic E-state index is 12.2. The molecule has 1 N–H and O–H groups in total. The van der Waals surface area contributed by atoms with Crippen molar-refractivity contribution < 1.29 is 61.6 Å². The Morgan fingerprint density at radius 3 is 2.36 bits per heavy atom. The van der Waals surface area contributed by atoms with E-state index in [0.29, 0.717) is 5.56 Å². The summed E-state index contributed by atoms with van der Waals surface area (Å²) in [5.74, 6) is -2.73. The zero-order valence-corrected chi connectivity index (χ0v) is 17.6. The van der Waals surface area contributed by atoms with E-state index in [9.17, 15) is 27.4 Å². The van der Waals surface area contributed by atoms with Crippen LogP contribution >= 0.6 is 15.9 Å². The van der Waals surface area contributed by atoms with Crippen molar-refractivity contribution in [2.75, 3.05) is 0 Å². The van der Waals surface area contributed by atoms with E-state index in [-0.39, 0.29) is 33.9 Å². The number of benzene rings is 1. The molecule has 0 spiro atoms. The van der Waals surface area contributed by atoms with Gasteiger partial charge in [0.1, 0.15) is 4.83 Å². The molecule has 1 saturated heterocycles. The van der Waals surface area contributed by atoms with Gasteiger partial charge in [0.05, 0.1) is 0 Å². The Kier molecular flexibility index (Phi) is 7.59. The minimum Gasteiger partial charge on any atom is -0.731 e. The number of amides is 2. The molecule has 1 aromatic carbocycles. The molecule has 0 saturated carbocycles. The SMILES string of the molecule is CC(=O)O[C@H]1[C@H](NC(=O)C(Br)c2ccccc2)C(=O)N1S(=O)(=O)[O-].[Na+]. The van der Waals surface area contributed by atoms with Crippen LogP contribution in [0.2, 0.25) is 0 Å². The van der Waals surface area contributed by atoms with Gasteiger partial charge in [0, 0.05) is 6.92 Å². The van der Waals surface area contributed by atoms with Gasteiger partial charge in [0.15, 0.2) is 16.3 Å². The third-order valence-electron chi connectivity index (χ3n) is 3.15. The number of rotatable bonds is 5. The van der Waals surface area contributed by atoms with E-state index in [1.165, 1.54) is 0 Å². The van der Waals surface area contributed by atoms with Gasteiger partial charge in [-0.1, -0.05) is 46.3 Å². The zero-order chi connectivity index (χ0) is 18.1. The quantitative estimate of drug-likeness (QED) is 0.167. The van der Waals surface area contributed by atoms with Crippen LogP contribution in [0.25, 0.3) is 0 Å². The molecule has 130 valence electrons. The Labute approximate surface area is 174 Å². The van der Waals surface area contributed by atoms with Gasteiger partial charge in [-0.2, -0.15) is 0 Å². The average Bonchev–Trinajstić information content (AvgIpc) is 2.50. The fourth-order valence-electron chi connectivity index (χ4n) is 2.09. The van der Waals surface area contributed by atoms with Crippen molar-refractivity contribution in [1.82, 2.24) is 9.62 Å². The number of hydrogen-bond acceptors (Lipinski definition) is 7. The van der Waals surface area contributed by atoms with Crippen LogP contribution in [0.1, 0.15) is 17.3 Å². The number of hydrogen-bond donors (Lipinski definition) is 1. The molecule has 0 radical (unpaired) electrons. The van der Waals surface area contributed by atoms with E-state index in [1.807, 2.05) is 0 Å². The summed E-state index contributed by atoms with van der Waals surface area (Å²) in [6.07, 6.45) is -1.70. The zero-order valence-electron chi connectivity index (χ0n) is 13.2. The number of β-lactam (4-membered cyclic amide) rings is 1. The van der Waals surface area contributed by atoms with Crippen molar-refractivity contribution in [2.24, 2.45) is 0 Å². The van der Waals surface area contributed by atoms with Crippen LogP contribution in [0.15, 0.2) is 30.3 Å². The number of alkyl halides is 1. The molecule has 1 aromatic rings. The first kappa shape index (κ1) is 22.1. The van der Waals surface area contributed by atoms with Gasteiger partial charge in [-0.05, 0) is 5.56 Å². The second kappa shape index (κ2) is 8.60. The number of carbonyl (C=O) groups is 3. The van der Waals surface area contributed by atoms with Crippen LogP contribution in [-0.2, 0) is 29.4 Å².